The van der Waals surface area contributed by atoms with Gasteiger partial charge in [0.15, 0.2) is 0 Å². The van der Waals surface area contributed by atoms with E-state index in [9.17, 15) is 8.42 Å². The van der Waals surface area contributed by atoms with Crippen LogP contribution in [0.5, 0.6) is 0 Å². The number of benzene rings is 4. The monoisotopic (exact) mass is 622 g/mol. The number of hydrogen-bond donors (Lipinski definition) is 2. The van der Waals surface area contributed by atoms with Crippen molar-refractivity contribution < 1.29 is 27.9 Å². The topological polar surface area (TPSA) is 58.2 Å². The molecule has 37 heavy (non-hydrogen) atoms. The van der Waals surface area contributed by atoms with Gasteiger partial charge in [-0.3, -0.25) is 0 Å². The van der Waals surface area contributed by atoms with E-state index in [4.69, 9.17) is 11.8 Å². The Morgan fingerprint density at radius 2 is 1.05 bits per heavy atom. The van der Waals surface area contributed by atoms with Crippen LogP contribution in [0.15, 0.2) is 120 Å². The van der Waals surface area contributed by atoms with Gasteiger partial charge in [-0.15, -0.1) is 0 Å². The summed E-state index contributed by atoms with van der Waals surface area (Å²) in [4.78, 5) is 2.95. The summed E-state index contributed by atoms with van der Waals surface area (Å²) in [5.74, 6) is 0.653. The molecule has 0 bridgehead atoms. The van der Waals surface area contributed by atoms with Crippen LogP contribution in [0.25, 0.3) is 0 Å². The summed E-state index contributed by atoms with van der Waals surface area (Å²) in [6, 6.07) is 34.9. The van der Waals surface area contributed by atoms with Gasteiger partial charge in [-0.2, -0.15) is 0 Å². The van der Waals surface area contributed by atoms with Gasteiger partial charge >= 0.3 is 0 Å². The molecule has 0 spiro atoms. The minimum Gasteiger partial charge on any atom is -0.224 e. The van der Waals surface area contributed by atoms with Crippen LogP contribution >= 0.6 is 11.8 Å². The molecule has 0 aliphatic rings. The molecule has 4 rings (SSSR count). The zero-order chi connectivity index (χ0) is 26.0. The predicted octanol–water partition coefficient (Wildman–Crippen LogP) is 7.31. The molecule has 0 saturated heterocycles. The van der Waals surface area contributed by atoms with E-state index in [0.717, 1.165) is 11.1 Å². The van der Waals surface area contributed by atoms with Crippen LogP contribution in [-0.4, -0.2) is 8.42 Å². The van der Waals surface area contributed by atoms with Crippen molar-refractivity contribution in [2.24, 2.45) is 0 Å². The first-order chi connectivity index (χ1) is 17.3. The molecule has 4 aromatic carbocycles. The molecule has 2 N–H and O–H groups in total. The Morgan fingerprint density at radius 1 is 0.622 bits per heavy atom. The van der Waals surface area contributed by atoms with Crippen molar-refractivity contribution in [3.8, 4) is 0 Å². The maximum atomic E-state index is 12.9. The second-order valence-corrected chi connectivity index (χ2v) is 10.8. The molecule has 196 valence electrons. The quantitative estimate of drug-likeness (QED) is 0.160. The fraction of sp³-hybridized carbons (Fsp3) is 0.200. The van der Waals surface area contributed by atoms with E-state index in [1.54, 1.807) is 30.3 Å². The summed E-state index contributed by atoms with van der Waals surface area (Å²) in [5, 5.41) is 0. The second kappa shape index (κ2) is 15.2. The van der Waals surface area contributed by atoms with Gasteiger partial charge in [-0.25, -0.2) is 18.0 Å². The van der Waals surface area contributed by atoms with Crippen LogP contribution in [0, 0.1) is 6.92 Å². The summed E-state index contributed by atoms with van der Waals surface area (Å²) >= 11 is 6.04. The van der Waals surface area contributed by atoms with Crippen molar-refractivity contribution in [1.29, 1.82) is 0 Å². The maximum Gasteiger partial charge on any atom is 0.241 e. The van der Waals surface area contributed by atoms with Crippen LogP contribution in [0.3, 0.4) is 0 Å². The summed E-state index contributed by atoms with van der Waals surface area (Å²) < 4.78 is 28.6. The fourth-order valence-corrected chi connectivity index (χ4v) is 5.26. The van der Waals surface area contributed by atoms with Gasteiger partial charge in [0.25, 0.3) is 0 Å². The number of aryl methyl sites for hydroxylation is 1. The van der Waals surface area contributed by atoms with E-state index in [1.165, 1.54) is 11.1 Å². The van der Waals surface area contributed by atoms with E-state index in [0.29, 0.717) is 5.92 Å². The van der Waals surface area contributed by atoms with E-state index in [2.05, 4.69) is 54.6 Å². The van der Waals surface area contributed by atoms with Gasteiger partial charge in [0.2, 0.25) is 10.0 Å². The summed E-state index contributed by atoms with van der Waals surface area (Å²) in [7, 11) is -3.72. The normalized spacial score (nSPS) is 12.6. The molecular formula is C30H33ClN2O2RuS. The van der Waals surface area contributed by atoms with Gasteiger partial charge in [-0.1, -0.05) is 123 Å². The molecule has 0 heterocycles. The average Bonchev–Trinajstić information content (AvgIpc) is 2.91. The molecule has 0 amide bonds. The Balaban J connectivity index is 0.000000369. The van der Waals surface area contributed by atoms with Gasteiger partial charge < -0.3 is 0 Å². The van der Waals surface area contributed by atoms with Crippen molar-refractivity contribution in [2.75, 3.05) is 0 Å². The van der Waals surface area contributed by atoms with E-state index in [-0.39, 0.29) is 24.4 Å². The van der Waals surface area contributed by atoms with Crippen LogP contribution < -0.4 is 9.56 Å². The molecule has 0 radical (unpaired) electrons. The molecule has 2 atom stereocenters. The van der Waals surface area contributed by atoms with E-state index in [1.807, 2.05) is 60.7 Å². The van der Waals surface area contributed by atoms with E-state index >= 15 is 0 Å². The van der Waals surface area contributed by atoms with Crippen molar-refractivity contribution >= 4 is 21.8 Å². The Labute approximate surface area is 239 Å². The number of rotatable bonds is 8. The number of nitrogens with one attached hydrogen (secondary N) is 2. The minimum atomic E-state index is -3.72. The third-order valence-electron chi connectivity index (χ3n) is 5.85. The van der Waals surface area contributed by atoms with E-state index < -0.39 is 22.1 Å². The average molecular weight is 622 g/mol. The Hall–Kier alpha value is -2.34. The number of sulfonamides is 1. The first kappa shape index (κ1) is 30.9. The van der Waals surface area contributed by atoms with Gasteiger partial charge in [0.05, 0.1) is 17.0 Å². The largest absolute Gasteiger partial charge is 0.241 e. The standard InChI is InChI=1S/C20H19ClN2O2S.C10H14.Ru/c21-22-19(16-10-4-1-5-11-16)20(17-12-6-2-7-13-17)23-26(24,25)18-14-8-3-9-15-18;1-8(2)10-6-4-9(3)5-7-10;/h1-15,19-20,22-23H;4-8H,1-3H3;/t19-,20-;;/m0../s1. The second-order valence-electron chi connectivity index (χ2n) is 8.89. The van der Waals surface area contributed by atoms with Crippen LogP contribution in [0.1, 0.15) is 54.1 Å². The SMILES string of the molecule is Cc1ccc(C(C)C)cc1.O=S(=O)(N[C@@H](c1ccccc1)[C@@H](NCl)c1ccccc1)c1ccccc1.[Ru]. The Kier molecular flexibility index (Phi) is 12.7. The van der Waals surface area contributed by atoms with Crippen molar-refractivity contribution in [3.05, 3.63) is 138 Å². The van der Waals surface area contributed by atoms with Crippen LogP contribution in [0.2, 0.25) is 0 Å². The Bertz CT molecular complexity index is 1290. The van der Waals surface area contributed by atoms with Crippen LogP contribution in [-0.2, 0) is 29.5 Å². The third-order valence-corrected chi connectivity index (χ3v) is 7.54. The zero-order valence-corrected chi connectivity index (χ0v) is 24.5. The zero-order valence-electron chi connectivity index (χ0n) is 21.2. The molecule has 0 unspecified atom stereocenters. The minimum absolute atomic E-state index is 0. The first-order valence-electron chi connectivity index (χ1n) is 11.9. The predicted molar refractivity (Wildman–Crippen MR) is 149 cm³/mol. The van der Waals surface area contributed by atoms with Gasteiger partial charge in [0.1, 0.15) is 0 Å². The van der Waals surface area contributed by atoms with Crippen LogP contribution in [0.4, 0.5) is 0 Å². The molecule has 0 fully saturated rings. The molecule has 4 aromatic rings. The van der Waals surface area contributed by atoms with Crippen molar-refractivity contribution in [3.63, 3.8) is 0 Å². The summed E-state index contributed by atoms with van der Waals surface area (Å²) in [5.41, 5.74) is 4.45. The maximum absolute atomic E-state index is 12.9. The van der Waals surface area contributed by atoms with Gasteiger partial charge in [0, 0.05) is 19.5 Å². The molecule has 0 aliphatic heterocycles. The third kappa shape index (κ3) is 9.17. The molecule has 0 aliphatic carbocycles. The number of halogens is 1. The molecular weight excluding hydrogens is 589 g/mol. The Morgan fingerprint density at radius 3 is 1.49 bits per heavy atom. The van der Waals surface area contributed by atoms with Crippen molar-refractivity contribution in [2.45, 2.75) is 43.7 Å². The number of hydrogen-bond acceptors (Lipinski definition) is 3. The fourth-order valence-electron chi connectivity index (χ4n) is 3.75. The smallest absolute Gasteiger partial charge is 0.224 e. The van der Waals surface area contributed by atoms with Gasteiger partial charge in [-0.05, 0) is 53.4 Å². The molecule has 0 saturated carbocycles. The molecule has 0 aromatic heterocycles. The molecule has 7 heteroatoms. The summed E-state index contributed by atoms with van der Waals surface area (Å²) in [6.45, 7) is 6.54. The van der Waals surface area contributed by atoms with Crippen molar-refractivity contribution in [1.82, 2.24) is 9.56 Å². The summed E-state index contributed by atoms with van der Waals surface area (Å²) in [6.07, 6.45) is 0. The first-order valence-corrected chi connectivity index (χ1v) is 13.8. The molecule has 4 nitrogen and oxygen atoms in total.